The van der Waals surface area contributed by atoms with Crippen LogP contribution in [-0.2, 0) is 17.9 Å². The fraction of sp³-hybridized carbons (Fsp3) is 0.267. The van der Waals surface area contributed by atoms with Crippen molar-refractivity contribution in [3.63, 3.8) is 0 Å². The second-order valence-corrected chi connectivity index (χ2v) is 9.80. The molecule has 2 aromatic heterocycles. The van der Waals surface area contributed by atoms with Gasteiger partial charge in [0.15, 0.2) is 0 Å². The highest BCUT2D eigenvalue weighted by Gasteiger charge is 2.35. The Morgan fingerprint density at radius 2 is 1.92 bits per heavy atom. The van der Waals surface area contributed by atoms with Crippen LogP contribution in [0.25, 0.3) is 10.9 Å². The lowest BCUT2D eigenvalue weighted by molar-refractivity contribution is -0.135. The molecule has 2 atom stereocenters. The van der Waals surface area contributed by atoms with Crippen molar-refractivity contribution in [1.82, 2.24) is 25.7 Å². The van der Waals surface area contributed by atoms with Gasteiger partial charge in [-0.25, -0.2) is 5.48 Å². The van der Waals surface area contributed by atoms with Gasteiger partial charge in [-0.3, -0.25) is 29.7 Å². The SMILES string of the molecule is Cc1cc(COc2ccc(C(=O)NC3CN(Cc4cccnc4)CCC3C(=O)NO)cc2)c2ccccc2n1. The van der Waals surface area contributed by atoms with Crippen molar-refractivity contribution in [2.75, 3.05) is 13.1 Å². The number of nitrogens with zero attached hydrogens (tertiary/aromatic N) is 3. The fourth-order valence-electron chi connectivity index (χ4n) is 5.09. The first-order valence-electron chi connectivity index (χ1n) is 12.9. The number of carbonyl (C=O) groups is 2. The monoisotopic (exact) mass is 525 g/mol. The number of hydrogen-bond acceptors (Lipinski definition) is 7. The van der Waals surface area contributed by atoms with Crippen molar-refractivity contribution < 1.29 is 19.5 Å². The summed E-state index contributed by atoms with van der Waals surface area (Å²) >= 11 is 0. The van der Waals surface area contributed by atoms with E-state index in [-0.39, 0.29) is 5.91 Å². The number of amides is 2. The Bertz CT molecular complexity index is 1450. The summed E-state index contributed by atoms with van der Waals surface area (Å²) in [5.74, 6) is -0.682. The third-order valence-corrected chi connectivity index (χ3v) is 7.03. The van der Waals surface area contributed by atoms with Crippen molar-refractivity contribution >= 4 is 22.7 Å². The maximum atomic E-state index is 13.1. The number of aryl methyl sites for hydroxylation is 1. The molecule has 9 nitrogen and oxygen atoms in total. The van der Waals surface area contributed by atoms with Crippen LogP contribution >= 0.6 is 0 Å². The normalized spacial score (nSPS) is 17.5. The molecule has 1 aliphatic rings. The molecule has 1 fully saturated rings. The Kier molecular flexibility index (Phi) is 8.10. The molecule has 0 saturated carbocycles. The van der Waals surface area contributed by atoms with E-state index < -0.39 is 17.9 Å². The molecule has 0 spiro atoms. The lowest BCUT2D eigenvalue weighted by Gasteiger charge is -2.37. The molecular formula is C30H31N5O4. The van der Waals surface area contributed by atoms with E-state index in [1.807, 2.05) is 55.6 Å². The smallest absolute Gasteiger partial charge is 0.251 e. The maximum Gasteiger partial charge on any atom is 0.251 e. The van der Waals surface area contributed by atoms with Gasteiger partial charge in [0.2, 0.25) is 5.91 Å². The van der Waals surface area contributed by atoms with Gasteiger partial charge < -0.3 is 10.1 Å². The predicted octanol–water partition coefficient (Wildman–Crippen LogP) is 3.64. The first kappa shape index (κ1) is 26.3. The quantitative estimate of drug-likeness (QED) is 0.238. The molecule has 39 heavy (non-hydrogen) atoms. The largest absolute Gasteiger partial charge is 0.489 e. The van der Waals surface area contributed by atoms with E-state index in [1.165, 1.54) is 0 Å². The van der Waals surface area contributed by atoms with Crippen molar-refractivity contribution in [1.29, 1.82) is 0 Å². The number of rotatable bonds is 8. The average Bonchev–Trinajstić information content (AvgIpc) is 2.96. The number of pyridine rings is 2. The van der Waals surface area contributed by atoms with Crippen LogP contribution in [0.3, 0.4) is 0 Å². The van der Waals surface area contributed by atoms with Gasteiger partial charge in [-0.05, 0) is 67.9 Å². The Hall–Kier alpha value is -4.34. The maximum absolute atomic E-state index is 13.1. The number of benzene rings is 2. The van der Waals surface area contributed by atoms with Crippen LogP contribution in [0.2, 0.25) is 0 Å². The summed E-state index contributed by atoms with van der Waals surface area (Å²) in [6, 6.07) is 20.3. The molecule has 2 amide bonds. The molecule has 1 saturated heterocycles. The van der Waals surface area contributed by atoms with Gasteiger partial charge in [0, 0.05) is 47.7 Å². The molecule has 9 heteroatoms. The first-order chi connectivity index (χ1) is 19.0. The first-order valence-corrected chi connectivity index (χ1v) is 12.9. The summed E-state index contributed by atoms with van der Waals surface area (Å²) in [6.45, 7) is 4.13. The molecule has 4 aromatic rings. The van der Waals surface area contributed by atoms with E-state index in [2.05, 4.69) is 20.2 Å². The zero-order chi connectivity index (χ0) is 27.2. The summed E-state index contributed by atoms with van der Waals surface area (Å²) < 4.78 is 6.02. The van der Waals surface area contributed by atoms with Crippen LogP contribution in [0, 0.1) is 12.8 Å². The third-order valence-electron chi connectivity index (χ3n) is 7.03. The number of aromatic nitrogens is 2. The number of ether oxygens (including phenoxy) is 1. The lowest BCUT2D eigenvalue weighted by atomic mass is 9.90. The highest BCUT2D eigenvalue weighted by atomic mass is 16.5. The number of likely N-dealkylation sites (tertiary alicyclic amines) is 1. The van der Waals surface area contributed by atoms with E-state index in [0.29, 0.717) is 44.0 Å². The standard InChI is InChI=1S/C30H31N5O4/c1-20-15-23(25-6-2-3-7-27(25)32-20)19-39-24-10-8-22(9-11-24)29(36)33-28-18-35(14-12-26(28)30(37)34-38)17-21-5-4-13-31-16-21/h2-11,13,15-16,26,28,38H,12,14,17-19H2,1H3,(H,33,36)(H,34,37). The molecule has 1 aliphatic heterocycles. The minimum absolute atomic E-state index is 0.290. The van der Waals surface area contributed by atoms with Gasteiger partial charge >= 0.3 is 0 Å². The molecule has 0 bridgehead atoms. The molecule has 3 heterocycles. The molecule has 2 aromatic carbocycles. The molecule has 0 aliphatic carbocycles. The van der Waals surface area contributed by atoms with E-state index in [0.717, 1.165) is 27.7 Å². The van der Waals surface area contributed by atoms with E-state index in [9.17, 15) is 14.8 Å². The predicted molar refractivity (Wildman–Crippen MR) is 146 cm³/mol. The van der Waals surface area contributed by atoms with Crippen LogP contribution in [0.4, 0.5) is 0 Å². The number of hydrogen-bond donors (Lipinski definition) is 3. The molecule has 2 unspecified atom stereocenters. The number of fused-ring (bicyclic) bond motifs is 1. The zero-order valence-electron chi connectivity index (χ0n) is 21.7. The van der Waals surface area contributed by atoms with Crippen molar-refractivity contribution in [2.24, 2.45) is 5.92 Å². The Labute approximate surface area is 226 Å². The Morgan fingerprint density at radius 1 is 1.10 bits per heavy atom. The highest BCUT2D eigenvalue weighted by Crippen LogP contribution is 2.23. The summed E-state index contributed by atoms with van der Waals surface area (Å²) in [6.07, 6.45) is 4.04. The van der Waals surface area contributed by atoms with Crippen LogP contribution < -0.4 is 15.5 Å². The van der Waals surface area contributed by atoms with E-state index in [1.54, 1.807) is 35.9 Å². The molecule has 5 rings (SSSR count). The fourth-order valence-corrected chi connectivity index (χ4v) is 5.09. The van der Waals surface area contributed by atoms with E-state index >= 15 is 0 Å². The van der Waals surface area contributed by atoms with Crippen LogP contribution in [0.1, 0.15) is 33.6 Å². The number of nitrogens with one attached hydrogen (secondary N) is 2. The summed E-state index contributed by atoms with van der Waals surface area (Å²) in [5, 5.41) is 13.3. The lowest BCUT2D eigenvalue weighted by Crippen LogP contribution is -2.56. The number of piperidine rings is 1. The molecule has 3 N–H and O–H groups in total. The highest BCUT2D eigenvalue weighted by molar-refractivity contribution is 5.95. The number of carbonyl (C=O) groups excluding carboxylic acids is 2. The second kappa shape index (κ2) is 12.0. The summed E-state index contributed by atoms with van der Waals surface area (Å²) in [5.41, 5.74) is 6.16. The van der Waals surface area contributed by atoms with Crippen molar-refractivity contribution in [3.05, 3.63) is 102 Å². The molecule has 0 radical (unpaired) electrons. The molecular weight excluding hydrogens is 494 g/mol. The summed E-state index contributed by atoms with van der Waals surface area (Å²) in [7, 11) is 0. The van der Waals surface area contributed by atoms with Crippen molar-refractivity contribution in [3.8, 4) is 5.75 Å². The van der Waals surface area contributed by atoms with Gasteiger partial charge in [0.1, 0.15) is 12.4 Å². The topological polar surface area (TPSA) is 117 Å². The summed E-state index contributed by atoms with van der Waals surface area (Å²) in [4.78, 5) is 36.4. The van der Waals surface area contributed by atoms with Crippen LogP contribution in [0.5, 0.6) is 5.75 Å². The van der Waals surface area contributed by atoms with E-state index in [4.69, 9.17) is 4.74 Å². The number of hydroxylamine groups is 1. The zero-order valence-corrected chi connectivity index (χ0v) is 21.7. The van der Waals surface area contributed by atoms with Gasteiger partial charge in [-0.2, -0.15) is 0 Å². The minimum Gasteiger partial charge on any atom is -0.489 e. The van der Waals surface area contributed by atoms with Crippen molar-refractivity contribution in [2.45, 2.75) is 32.5 Å². The Morgan fingerprint density at radius 3 is 2.69 bits per heavy atom. The van der Waals surface area contributed by atoms with Gasteiger partial charge in [0.05, 0.1) is 17.5 Å². The second-order valence-electron chi connectivity index (χ2n) is 9.80. The van der Waals surface area contributed by atoms with Crippen LogP contribution in [0.15, 0.2) is 79.1 Å². The van der Waals surface area contributed by atoms with Gasteiger partial charge in [-0.15, -0.1) is 0 Å². The minimum atomic E-state index is -0.537. The Balaban J connectivity index is 1.23. The van der Waals surface area contributed by atoms with Gasteiger partial charge in [0.25, 0.3) is 5.91 Å². The average molecular weight is 526 g/mol. The van der Waals surface area contributed by atoms with Crippen LogP contribution in [-0.4, -0.2) is 51.0 Å². The number of para-hydroxylation sites is 1. The van der Waals surface area contributed by atoms with Gasteiger partial charge in [-0.1, -0.05) is 24.3 Å². The third kappa shape index (κ3) is 6.39. The molecule has 200 valence electrons.